The maximum Gasteiger partial charge on any atom is 0.321 e. The number of ether oxygens (including phenoxy) is 1. The number of carbonyl (C=O) groups excluding carboxylic acids is 3. The second-order valence-corrected chi connectivity index (χ2v) is 8.02. The Bertz CT molecular complexity index is 1300. The number of benzene rings is 2. The maximum absolute atomic E-state index is 13.0. The highest BCUT2D eigenvalue weighted by molar-refractivity contribution is 5.98. The van der Waals surface area contributed by atoms with E-state index < -0.39 is 12.1 Å². The zero-order valence-electron chi connectivity index (χ0n) is 18.8. The molecule has 4 amide bonds. The smallest absolute Gasteiger partial charge is 0.321 e. The van der Waals surface area contributed by atoms with E-state index in [-0.39, 0.29) is 18.0 Å². The van der Waals surface area contributed by atoms with E-state index in [0.717, 1.165) is 22.3 Å². The average molecular weight is 460 g/mol. The van der Waals surface area contributed by atoms with Gasteiger partial charge in [0.25, 0.3) is 11.5 Å². The van der Waals surface area contributed by atoms with E-state index in [0.29, 0.717) is 29.8 Å². The lowest BCUT2D eigenvalue weighted by Crippen LogP contribution is -2.42. The Kier molecular flexibility index (Phi) is 6.44. The Hall–Kier alpha value is -4.40. The molecule has 9 nitrogen and oxygen atoms in total. The van der Waals surface area contributed by atoms with Crippen molar-refractivity contribution in [2.45, 2.75) is 19.5 Å². The van der Waals surface area contributed by atoms with Gasteiger partial charge in [0, 0.05) is 30.4 Å². The van der Waals surface area contributed by atoms with Crippen molar-refractivity contribution in [3.63, 3.8) is 0 Å². The van der Waals surface area contributed by atoms with Crippen LogP contribution in [0.1, 0.15) is 33.1 Å². The van der Waals surface area contributed by atoms with E-state index in [2.05, 4.69) is 15.6 Å². The average Bonchev–Trinajstić information content (AvgIpc) is 3.15. The molecule has 1 aliphatic rings. The molecule has 3 aromatic rings. The third-order valence-electron chi connectivity index (χ3n) is 5.83. The minimum Gasteiger partial charge on any atom is -0.497 e. The Balaban J connectivity index is 1.58. The summed E-state index contributed by atoms with van der Waals surface area (Å²) in [5.74, 6) is 0.443. The summed E-state index contributed by atoms with van der Waals surface area (Å²) in [6.07, 6.45) is 1.95. The molecule has 0 fully saturated rings. The van der Waals surface area contributed by atoms with Crippen LogP contribution in [0.25, 0.3) is 11.1 Å². The van der Waals surface area contributed by atoms with Crippen molar-refractivity contribution in [3.8, 4) is 16.9 Å². The van der Waals surface area contributed by atoms with E-state index >= 15 is 0 Å². The SMILES string of the molecule is COc1ccc2c(c1)C(=O)N(C[C@H](NC(=O)NC=O)c1ccc(-c3c[nH]c(=O)c(C)c3)cc1)C2. The van der Waals surface area contributed by atoms with Crippen LogP contribution >= 0.6 is 0 Å². The standard InChI is InChI=1S/C25H24N4O5/c1-15-9-19(11-26-23(15)31)16-3-5-17(6-4-16)22(28-25(33)27-14-30)13-29-12-18-7-8-20(34-2)10-21(18)24(29)32/h3-11,14,22H,12-13H2,1-2H3,(H,26,31)(H2,27,28,30,33)/t22-/m0/s1. The van der Waals surface area contributed by atoms with Crippen LogP contribution in [-0.4, -0.2) is 41.9 Å². The first-order valence-electron chi connectivity index (χ1n) is 10.7. The van der Waals surface area contributed by atoms with Gasteiger partial charge in [0.15, 0.2) is 0 Å². The Labute approximate surface area is 195 Å². The third kappa shape index (κ3) is 4.68. The molecule has 1 aliphatic heterocycles. The largest absolute Gasteiger partial charge is 0.497 e. The van der Waals surface area contributed by atoms with Crippen molar-refractivity contribution in [1.29, 1.82) is 0 Å². The number of nitrogens with zero attached hydrogens (tertiary/aromatic N) is 1. The highest BCUT2D eigenvalue weighted by atomic mass is 16.5. The Morgan fingerprint density at radius 3 is 2.59 bits per heavy atom. The van der Waals surface area contributed by atoms with Crippen LogP contribution in [0.15, 0.2) is 59.5 Å². The summed E-state index contributed by atoms with van der Waals surface area (Å²) >= 11 is 0. The molecule has 2 heterocycles. The molecule has 34 heavy (non-hydrogen) atoms. The van der Waals surface area contributed by atoms with Crippen molar-refractivity contribution in [3.05, 3.63) is 87.3 Å². The van der Waals surface area contributed by atoms with Crippen molar-refractivity contribution in [1.82, 2.24) is 20.5 Å². The van der Waals surface area contributed by atoms with E-state index in [9.17, 15) is 19.2 Å². The van der Waals surface area contributed by atoms with E-state index in [1.807, 2.05) is 30.3 Å². The number of imide groups is 1. The first-order valence-corrected chi connectivity index (χ1v) is 10.7. The van der Waals surface area contributed by atoms with E-state index in [1.54, 1.807) is 43.3 Å². The number of methoxy groups -OCH3 is 1. The molecule has 0 radical (unpaired) electrons. The number of H-pyrrole nitrogens is 1. The molecule has 2 aromatic carbocycles. The highest BCUT2D eigenvalue weighted by Gasteiger charge is 2.30. The molecular formula is C25H24N4O5. The number of aromatic nitrogens is 1. The molecule has 0 spiro atoms. The fourth-order valence-corrected chi connectivity index (χ4v) is 4.00. The molecule has 0 bridgehead atoms. The second-order valence-electron chi connectivity index (χ2n) is 8.02. The van der Waals surface area contributed by atoms with Crippen LogP contribution in [0.5, 0.6) is 5.75 Å². The first kappa shape index (κ1) is 22.8. The van der Waals surface area contributed by atoms with Crippen molar-refractivity contribution >= 4 is 18.3 Å². The minimum absolute atomic E-state index is 0.139. The number of aryl methyl sites for hydroxylation is 1. The number of pyridine rings is 1. The van der Waals surface area contributed by atoms with Crippen molar-refractivity contribution < 1.29 is 19.1 Å². The molecule has 1 aromatic heterocycles. The van der Waals surface area contributed by atoms with Gasteiger partial charge in [-0.15, -0.1) is 0 Å². The third-order valence-corrected chi connectivity index (χ3v) is 5.83. The fourth-order valence-electron chi connectivity index (χ4n) is 4.00. The van der Waals surface area contributed by atoms with Gasteiger partial charge in [0.1, 0.15) is 5.75 Å². The summed E-state index contributed by atoms with van der Waals surface area (Å²) < 4.78 is 5.23. The fraction of sp³-hybridized carbons (Fsp3) is 0.200. The summed E-state index contributed by atoms with van der Waals surface area (Å²) in [6.45, 7) is 2.35. The summed E-state index contributed by atoms with van der Waals surface area (Å²) in [5.41, 5.74) is 4.41. The number of nitrogens with one attached hydrogen (secondary N) is 3. The monoisotopic (exact) mass is 460 g/mol. The van der Waals surface area contributed by atoms with Crippen LogP contribution in [0.3, 0.4) is 0 Å². The van der Waals surface area contributed by atoms with E-state index in [4.69, 9.17) is 4.74 Å². The second kappa shape index (κ2) is 9.62. The van der Waals surface area contributed by atoms with Crippen molar-refractivity contribution in [2.24, 2.45) is 0 Å². The van der Waals surface area contributed by atoms with Gasteiger partial charge in [-0.2, -0.15) is 0 Å². The molecular weight excluding hydrogens is 436 g/mol. The van der Waals surface area contributed by atoms with Crippen LogP contribution in [-0.2, 0) is 11.3 Å². The summed E-state index contributed by atoms with van der Waals surface area (Å²) in [6, 6.07) is 13.4. The number of aromatic amines is 1. The number of carbonyl (C=O) groups is 3. The zero-order chi connectivity index (χ0) is 24.2. The van der Waals surface area contributed by atoms with Gasteiger partial charge in [0.2, 0.25) is 6.41 Å². The summed E-state index contributed by atoms with van der Waals surface area (Å²) in [5, 5.41) is 4.84. The zero-order valence-corrected chi connectivity index (χ0v) is 18.8. The van der Waals surface area contributed by atoms with Gasteiger partial charge in [0.05, 0.1) is 13.2 Å². The van der Waals surface area contributed by atoms with Gasteiger partial charge in [-0.3, -0.25) is 19.7 Å². The summed E-state index contributed by atoms with van der Waals surface area (Å²) in [4.78, 5) is 51.9. The van der Waals surface area contributed by atoms with E-state index in [1.165, 1.54) is 0 Å². The molecule has 174 valence electrons. The number of fused-ring (bicyclic) bond motifs is 1. The van der Waals surface area contributed by atoms with Gasteiger partial charge in [-0.05, 0) is 47.4 Å². The van der Waals surface area contributed by atoms with Gasteiger partial charge in [-0.1, -0.05) is 30.3 Å². The Morgan fingerprint density at radius 2 is 1.91 bits per heavy atom. The minimum atomic E-state index is -0.661. The van der Waals surface area contributed by atoms with Gasteiger partial charge >= 0.3 is 6.03 Å². The van der Waals surface area contributed by atoms with Crippen molar-refractivity contribution in [2.75, 3.05) is 13.7 Å². The molecule has 0 unspecified atom stereocenters. The van der Waals surface area contributed by atoms with Gasteiger partial charge in [-0.25, -0.2) is 4.79 Å². The predicted octanol–water partition coefficient (Wildman–Crippen LogP) is 2.51. The quantitative estimate of drug-likeness (QED) is 0.468. The topological polar surface area (TPSA) is 121 Å². The number of urea groups is 1. The van der Waals surface area contributed by atoms with Gasteiger partial charge < -0.3 is 19.9 Å². The van der Waals surface area contributed by atoms with Crippen LogP contribution < -0.4 is 20.9 Å². The summed E-state index contributed by atoms with van der Waals surface area (Å²) in [7, 11) is 1.54. The molecule has 1 atom stereocenters. The number of rotatable bonds is 7. The lowest BCUT2D eigenvalue weighted by atomic mass is 10.0. The molecule has 4 rings (SSSR count). The molecule has 0 saturated heterocycles. The Morgan fingerprint density at radius 1 is 1.15 bits per heavy atom. The molecule has 0 saturated carbocycles. The van der Waals surface area contributed by atoms with Crippen LogP contribution in [0.2, 0.25) is 0 Å². The molecule has 3 N–H and O–H groups in total. The normalized spacial score (nSPS) is 13.2. The number of amides is 4. The molecule has 9 heteroatoms. The predicted molar refractivity (Wildman–Crippen MR) is 125 cm³/mol. The maximum atomic E-state index is 13.0. The molecule has 0 aliphatic carbocycles. The number of hydrogen-bond donors (Lipinski definition) is 3. The highest BCUT2D eigenvalue weighted by Crippen LogP contribution is 2.29. The lowest BCUT2D eigenvalue weighted by Gasteiger charge is -2.25. The van der Waals surface area contributed by atoms with Crippen LogP contribution in [0.4, 0.5) is 4.79 Å². The lowest BCUT2D eigenvalue weighted by molar-refractivity contribution is -0.108. The number of hydrogen-bond acceptors (Lipinski definition) is 5. The van der Waals surface area contributed by atoms with Crippen LogP contribution in [0, 0.1) is 6.92 Å². The first-order chi connectivity index (χ1) is 16.4.